The molecular formula is C32H27F4N3O2. The molecule has 0 spiro atoms. The van der Waals surface area contributed by atoms with Crippen molar-refractivity contribution in [1.29, 1.82) is 0 Å². The molecule has 4 aromatic rings. The Hall–Kier alpha value is -4.40. The number of hydrogen-bond donors (Lipinski definition) is 0. The lowest BCUT2D eigenvalue weighted by molar-refractivity contribution is -0.141. The Morgan fingerprint density at radius 3 is 2.46 bits per heavy atom. The van der Waals surface area contributed by atoms with E-state index in [1.165, 1.54) is 12.1 Å². The molecule has 0 fully saturated rings. The van der Waals surface area contributed by atoms with Crippen LogP contribution in [0, 0.1) is 12.7 Å². The number of rotatable bonds is 7. The Kier molecular flexibility index (Phi) is 7.46. The minimum Gasteiger partial charge on any atom is -0.382 e. The van der Waals surface area contributed by atoms with E-state index in [2.05, 4.69) is 15.1 Å². The predicted molar refractivity (Wildman–Crippen MR) is 147 cm³/mol. The number of aryl methyl sites for hydroxylation is 1. The van der Waals surface area contributed by atoms with Gasteiger partial charge >= 0.3 is 6.18 Å². The van der Waals surface area contributed by atoms with E-state index < -0.39 is 29.2 Å². The summed E-state index contributed by atoms with van der Waals surface area (Å²) >= 11 is 0. The molecule has 0 radical (unpaired) electrons. The Morgan fingerprint density at radius 2 is 1.80 bits per heavy atom. The average molecular weight is 562 g/mol. The maximum Gasteiger partial charge on any atom is 0.433 e. The van der Waals surface area contributed by atoms with Crippen LogP contribution in [-0.4, -0.2) is 21.5 Å². The summed E-state index contributed by atoms with van der Waals surface area (Å²) < 4.78 is 53.8. The lowest BCUT2D eigenvalue weighted by Crippen LogP contribution is -2.23. The minimum absolute atomic E-state index is 0.0148. The summed E-state index contributed by atoms with van der Waals surface area (Å²) in [6.07, 6.45) is -1.33. The quantitative estimate of drug-likeness (QED) is 0.169. The lowest BCUT2D eigenvalue weighted by Gasteiger charge is -2.20. The number of alkyl halides is 3. The number of pyridine rings is 2. The zero-order valence-electron chi connectivity index (χ0n) is 22.7. The average Bonchev–Trinajstić information content (AvgIpc) is 3.36. The van der Waals surface area contributed by atoms with Gasteiger partial charge in [-0.15, -0.1) is 0 Å². The molecule has 3 heterocycles. The number of hydrogen-bond acceptors (Lipinski definition) is 5. The Bertz CT molecular complexity index is 1620. The number of benzene rings is 2. The highest BCUT2D eigenvalue weighted by atomic mass is 19.4. The lowest BCUT2D eigenvalue weighted by atomic mass is 9.88. The van der Waals surface area contributed by atoms with Crippen molar-refractivity contribution in [3.05, 3.63) is 119 Å². The van der Waals surface area contributed by atoms with Gasteiger partial charge in [0.1, 0.15) is 11.5 Å². The van der Waals surface area contributed by atoms with Crippen LogP contribution in [0.15, 0.2) is 84.3 Å². The molecule has 0 saturated carbocycles. The van der Waals surface area contributed by atoms with Crippen LogP contribution in [0.4, 0.5) is 17.6 Å². The van der Waals surface area contributed by atoms with Crippen LogP contribution in [0.3, 0.4) is 0 Å². The van der Waals surface area contributed by atoms with Gasteiger partial charge in [-0.05, 0) is 78.9 Å². The van der Waals surface area contributed by atoms with Crippen molar-refractivity contribution in [3.63, 3.8) is 0 Å². The van der Waals surface area contributed by atoms with Gasteiger partial charge < -0.3 is 4.84 Å². The van der Waals surface area contributed by atoms with Gasteiger partial charge in [0.2, 0.25) is 0 Å². The molecule has 210 valence electrons. The van der Waals surface area contributed by atoms with Crippen LogP contribution in [0.2, 0.25) is 0 Å². The number of nitrogens with zero attached hydrogens (tertiary/aromatic N) is 3. The van der Waals surface area contributed by atoms with Gasteiger partial charge in [0.05, 0.1) is 11.4 Å². The molecular weight excluding hydrogens is 534 g/mol. The van der Waals surface area contributed by atoms with Gasteiger partial charge in [0.25, 0.3) is 0 Å². The van der Waals surface area contributed by atoms with E-state index in [1.807, 2.05) is 25.1 Å². The standard InChI is InChI=1S/C32H27F4N3O2/c1-19-7-9-25(26(33)12-19)22-14-23(27-17-31(3,41-39-27)29-6-4-5-11-37-29)16-24(15-22)28(40)13-20(2)21-8-10-30(38-18-21)32(34,35)36/h4-12,14-16,18,20H,13,17H2,1-3H3/t20-,31?/m0/s1. The van der Waals surface area contributed by atoms with Gasteiger partial charge in [0.15, 0.2) is 11.4 Å². The van der Waals surface area contributed by atoms with E-state index >= 15 is 4.39 Å². The smallest absolute Gasteiger partial charge is 0.382 e. The second-order valence-electron chi connectivity index (χ2n) is 10.5. The Balaban J connectivity index is 1.47. The van der Waals surface area contributed by atoms with E-state index in [9.17, 15) is 18.0 Å². The third kappa shape index (κ3) is 6.04. The maximum atomic E-state index is 15.0. The van der Waals surface area contributed by atoms with E-state index in [-0.39, 0.29) is 12.2 Å². The molecule has 0 amide bonds. The van der Waals surface area contributed by atoms with Gasteiger partial charge in [-0.25, -0.2) is 4.39 Å². The van der Waals surface area contributed by atoms with Crippen molar-refractivity contribution in [2.45, 2.75) is 51.3 Å². The highest BCUT2D eigenvalue weighted by Gasteiger charge is 2.38. The predicted octanol–water partition coefficient (Wildman–Crippen LogP) is 8.03. The fraction of sp³-hybridized carbons (Fsp3) is 0.250. The summed E-state index contributed by atoms with van der Waals surface area (Å²) in [7, 11) is 0. The highest BCUT2D eigenvalue weighted by Crippen LogP contribution is 2.37. The van der Waals surface area contributed by atoms with Crippen LogP contribution in [0.5, 0.6) is 0 Å². The van der Waals surface area contributed by atoms with Crippen molar-refractivity contribution < 1.29 is 27.2 Å². The molecule has 0 aliphatic carbocycles. The molecule has 1 unspecified atom stereocenters. The molecule has 9 heteroatoms. The summed E-state index contributed by atoms with van der Waals surface area (Å²) in [4.78, 5) is 27.2. The number of carbonyl (C=O) groups is 1. The first kappa shape index (κ1) is 28.1. The monoisotopic (exact) mass is 561 g/mol. The van der Waals surface area contributed by atoms with Gasteiger partial charge in [-0.3, -0.25) is 14.8 Å². The molecule has 41 heavy (non-hydrogen) atoms. The summed E-state index contributed by atoms with van der Waals surface area (Å²) in [5, 5.41) is 4.32. The third-order valence-corrected chi connectivity index (χ3v) is 7.23. The van der Waals surface area contributed by atoms with Crippen molar-refractivity contribution in [3.8, 4) is 11.1 Å². The first-order chi connectivity index (χ1) is 19.4. The zero-order valence-corrected chi connectivity index (χ0v) is 22.7. The number of Topliss-reactive ketones (excluding diaryl/α,β-unsaturated/α-hetero) is 1. The molecule has 2 aromatic carbocycles. The van der Waals surface area contributed by atoms with E-state index in [4.69, 9.17) is 4.84 Å². The SMILES string of the molecule is Cc1ccc(-c2cc(C(=O)C[C@H](C)c3ccc(C(F)(F)F)nc3)cc(C3=NOC(C)(c4ccccn4)C3)c2)c(F)c1. The second-order valence-corrected chi connectivity index (χ2v) is 10.5. The Labute approximate surface area is 234 Å². The highest BCUT2D eigenvalue weighted by molar-refractivity contribution is 6.06. The summed E-state index contributed by atoms with van der Waals surface area (Å²) in [6.45, 7) is 5.42. The molecule has 2 atom stereocenters. The number of halogens is 4. The second kappa shape index (κ2) is 10.9. The van der Waals surface area contributed by atoms with Crippen molar-refractivity contribution in [2.24, 2.45) is 5.16 Å². The van der Waals surface area contributed by atoms with Crippen molar-refractivity contribution in [2.75, 3.05) is 0 Å². The number of ketones is 1. The first-order valence-electron chi connectivity index (χ1n) is 13.1. The Morgan fingerprint density at radius 1 is 1.02 bits per heavy atom. The first-order valence-corrected chi connectivity index (χ1v) is 13.1. The number of aromatic nitrogens is 2. The molecule has 0 N–H and O–H groups in total. The van der Waals surface area contributed by atoms with Crippen LogP contribution in [-0.2, 0) is 16.6 Å². The van der Waals surface area contributed by atoms with Crippen molar-refractivity contribution in [1.82, 2.24) is 9.97 Å². The van der Waals surface area contributed by atoms with Crippen molar-refractivity contribution >= 4 is 11.5 Å². The van der Waals surface area contributed by atoms with Crippen LogP contribution in [0.1, 0.15) is 71.0 Å². The third-order valence-electron chi connectivity index (χ3n) is 7.23. The van der Waals surface area contributed by atoms with Gasteiger partial charge in [-0.1, -0.05) is 36.3 Å². The summed E-state index contributed by atoms with van der Waals surface area (Å²) in [5.74, 6) is -1.08. The van der Waals surface area contributed by atoms with Gasteiger partial charge in [-0.2, -0.15) is 13.2 Å². The summed E-state index contributed by atoms with van der Waals surface area (Å²) in [6, 6.07) is 17.8. The number of oxime groups is 1. The molecule has 5 nitrogen and oxygen atoms in total. The molecule has 1 aliphatic heterocycles. The topological polar surface area (TPSA) is 64.4 Å². The van der Waals surface area contributed by atoms with E-state index in [0.29, 0.717) is 45.6 Å². The summed E-state index contributed by atoms with van der Waals surface area (Å²) in [5.41, 5.74) is 2.53. The molecule has 1 aliphatic rings. The van der Waals surface area contributed by atoms with E-state index in [1.54, 1.807) is 50.4 Å². The largest absolute Gasteiger partial charge is 0.433 e. The fourth-order valence-corrected chi connectivity index (χ4v) is 4.85. The maximum absolute atomic E-state index is 15.0. The van der Waals surface area contributed by atoms with Crippen LogP contribution in [0.25, 0.3) is 11.1 Å². The molecule has 2 aromatic heterocycles. The fourth-order valence-electron chi connectivity index (χ4n) is 4.85. The number of carbonyl (C=O) groups excluding carboxylic acids is 1. The normalized spacial score (nSPS) is 17.6. The molecule has 5 rings (SSSR count). The van der Waals surface area contributed by atoms with Crippen LogP contribution < -0.4 is 0 Å². The minimum atomic E-state index is -4.54. The molecule has 0 saturated heterocycles. The van der Waals surface area contributed by atoms with Crippen LogP contribution >= 0.6 is 0 Å². The van der Waals surface area contributed by atoms with E-state index in [0.717, 1.165) is 17.8 Å². The molecule has 0 bridgehead atoms. The zero-order chi connectivity index (χ0) is 29.4. The van der Waals surface area contributed by atoms with Gasteiger partial charge in [0, 0.05) is 41.9 Å².